The molecule has 0 aromatic heterocycles. The maximum Gasteiger partial charge on any atom is 0.411 e. The lowest BCUT2D eigenvalue weighted by molar-refractivity contribution is -0.120. The van der Waals surface area contributed by atoms with Gasteiger partial charge in [0.1, 0.15) is 0 Å². The first kappa shape index (κ1) is 22.2. The molecular formula is C19H23N3O6S. The van der Waals surface area contributed by atoms with Crippen LogP contribution in [-0.4, -0.2) is 47.8 Å². The van der Waals surface area contributed by atoms with Crippen molar-refractivity contribution in [2.75, 3.05) is 37.4 Å². The summed E-state index contributed by atoms with van der Waals surface area (Å²) in [6, 6.07) is 12.2. The van der Waals surface area contributed by atoms with Gasteiger partial charge in [0.25, 0.3) is 10.0 Å². The highest BCUT2D eigenvalue weighted by molar-refractivity contribution is 7.92. The van der Waals surface area contributed by atoms with Gasteiger partial charge in [-0.1, -0.05) is 12.1 Å². The number of carbonyl (C=O) groups excluding carboxylic acids is 2. The number of sulfonamides is 1. The third kappa shape index (κ3) is 7.09. The lowest BCUT2D eigenvalue weighted by Gasteiger charge is -2.10. The highest BCUT2D eigenvalue weighted by Gasteiger charge is 2.14. The number of hydrogen-bond acceptors (Lipinski definition) is 6. The Bertz CT molecular complexity index is 927. The first-order valence-corrected chi connectivity index (χ1v) is 10.1. The molecule has 0 saturated heterocycles. The number of rotatable bonds is 9. The van der Waals surface area contributed by atoms with Crippen LogP contribution in [0.1, 0.15) is 5.56 Å². The largest absolute Gasteiger partial charge is 0.453 e. The fourth-order valence-corrected chi connectivity index (χ4v) is 3.39. The summed E-state index contributed by atoms with van der Waals surface area (Å²) in [5, 5.41) is 5.16. The lowest BCUT2D eigenvalue weighted by Crippen LogP contribution is -2.28. The molecule has 0 atom stereocenters. The molecule has 9 nitrogen and oxygen atoms in total. The highest BCUT2D eigenvalue weighted by atomic mass is 32.2. The van der Waals surface area contributed by atoms with Gasteiger partial charge in [-0.05, 0) is 42.0 Å². The molecule has 156 valence electrons. The zero-order valence-corrected chi connectivity index (χ0v) is 16.9. The standard InChI is InChI=1S/C19H23N3O6S/c1-27-12-11-20-18(23)13-14-3-5-16(6-4-14)22-29(25,26)17-9-7-15(8-10-17)21-19(24)28-2/h3-10,22H,11-13H2,1-2H3,(H,20,23)(H,21,24). The van der Waals surface area contributed by atoms with Crippen LogP contribution in [0.4, 0.5) is 16.2 Å². The number of nitrogens with one attached hydrogen (secondary N) is 3. The van der Waals surface area contributed by atoms with Crippen LogP contribution in [0.3, 0.4) is 0 Å². The summed E-state index contributed by atoms with van der Waals surface area (Å²) in [6.07, 6.45) is -0.461. The Kier molecular flexibility index (Phi) is 7.98. The van der Waals surface area contributed by atoms with Crippen molar-refractivity contribution in [1.82, 2.24) is 5.32 Å². The van der Waals surface area contributed by atoms with Crippen molar-refractivity contribution in [2.24, 2.45) is 0 Å². The van der Waals surface area contributed by atoms with Gasteiger partial charge in [0.2, 0.25) is 5.91 Å². The van der Waals surface area contributed by atoms with Crippen LogP contribution in [0.25, 0.3) is 0 Å². The lowest BCUT2D eigenvalue weighted by atomic mass is 10.1. The van der Waals surface area contributed by atoms with Crippen molar-refractivity contribution < 1.29 is 27.5 Å². The number of hydrogen-bond donors (Lipinski definition) is 3. The van der Waals surface area contributed by atoms with Gasteiger partial charge in [-0.2, -0.15) is 0 Å². The summed E-state index contributed by atoms with van der Waals surface area (Å²) in [7, 11) is -1.01. The summed E-state index contributed by atoms with van der Waals surface area (Å²) < 4.78 is 36.8. The smallest absolute Gasteiger partial charge is 0.411 e. The topological polar surface area (TPSA) is 123 Å². The van der Waals surface area contributed by atoms with Gasteiger partial charge >= 0.3 is 6.09 Å². The first-order chi connectivity index (χ1) is 13.8. The Morgan fingerprint density at radius 1 is 0.931 bits per heavy atom. The van der Waals surface area contributed by atoms with E-state index in [1.165, 1.54) is 31.4 Å². The van der Waals surface area contributed by atoms with E-state index in [0.29, 0.717) is 24.5 Å². The van der Waals surface area contributed by atoms with Crippen LogP contribution in [0.5, 0.6) is 0 Å². The molecule has 0 aliphatic rings. The Labute approximate surface area is 169 Å². The van der Waals surface area contributed by atoms with Crippen LogP contribution in [0, 0.1) is 0 Å². The van der Waals surface area contributed by atoms with Gasteiger partial charge < -0.3 is 14.8 Å². The molecule has 2 rings (SSSR count). The van der Waals surface area contributed by atoms with Crippen molar-refractivity contribution in [3.05, 3.63) is 54.1 Å². The number of carbonyl (C=O) groups is 2. The first-order valence-electron chi connectivity index (χ1n) is 8.66. The van der Waals surface area contributed by atoms with Crippen LogP contribution < -0.4 is 15.4 Å². The summed E-state index contributed by atoms with van der Waals surface area (Å²) >= 11 is 0. The SMILES string of the molecule is COCCNC(=O)Cc1ccc(NS(=O)(=O)c2ccc(NC(=O)OC)cc2)cc1. The number of amides is 2. The molecule has 0 aliphatic carbocycles. The van der Waals surface area contributed by atoms with Crippen molar-refractivity contribution >= 4 is 33.4 Å². The minimum absolute atomic E-state index is 0.0366. The van der Waals surface area contributed by atoms with E-state index in [-0.39, 0.29) is 17.2 Å². The van der Waals surface area contributed by atoms with E-state index in [0.717, 1.165) is 5.56 Å². The van der Waals surface area contributed by atoms with Crippen molar-refractivity contribution in [2.45, 2.75) is 11.3 Å². The van der Waals surface area contributed by atoms with Crippen molar-refractivity contribution in [1.29, 1.82) is 0 Å². The van der Waals surface area contributed by atoms with Gasteiger partial charge in [0.05, 0.1) is 25.0 Å². The van der Waals surface area contributed by atoms with Gasteiger partial charge in [0, 0.05) is 25.0 Å². The van der Waals surface area contributed by atoms with E-state index in [4.69, 9.17) is 4.74 Å². The molecule has 2 amide bonds. The zero-order valence-electron chi connectivity index (χ0n) is 16.1. The highest BCUT2D eigenvalue weighted by Crippen LogP contribution is 2.19. The second-order valence-corrected chi connectivity index (χ2v) is 7.65. The van der Waals surface area contributed by atoms with Crippen LogP contribution in [0.15, 0.2) is 53.4 Å². The monoisotopic (exact) mass is 421 g/mol. The molecule has 0 bridgehead atoms. The molecule has 0 fully saturated rings. The molecule has 0 heterocycles. The molecule has 0 unspecified atom stereocenters. The average molecular weight is 421 g/mol. The van der Waals surface area contributed by atoms with E-state index in [1.807, 2.05) is 0 Å². The number of benzene rings is 2. The molecule has 0 radical (unpaired) electrons. The van der Waals surface area contributed by atoms with Gasteiger partial charge in [-0.15, -0.1) is 0 Å². The quantitative estimate of drug-likeness (QED) is 0.532. The average Bonchev–Trinajstić information content (AvgIpc) is 2.70. The number of ether oxygens (including phenoxy) is 2. The molecule has 2 aromatic carbocycles. The Morgan fingerprint density at radius 3 is 2.14 bits per heavy atom. The Hall–Kier alpha value is -3.11. The Morgan fingerprint density at radius 2 is 1.55 bits per heavy atom. The van der Waals surface area contributed by atoms with Gasteiger partial charge in [0.15, 0.2) is 0 Å². The molecule has 3 N–H and O–H groups in total. The summed E-state index contributed by atoms with van der Waals surface area (Å²) in [5.41, 5.74) is 1.52. The zero-order chi connectivity index (χ0) is 21.3. The van der Waals surface area contributed by atoms with E-state index in [9.17, 15) is 18.0 Å². The molecule has 2 aromatic rings. The molecule has 29 heavy (non-hydrogen) atoms. The van der Waals surface area contributed by atoms with Gasteiger partial charge in [-0.25, -0.2) is 13.2 Å². The van der Waals surface area contributed by atoms with Crippen molar-refractivity contribution in [3.63, 3.8) is 0 Å². The van der Waals surface area contributed by atoms with Crippen LogP contribution in [-0.2, 0) is 30.7 Å². The van der Waals surface area contributed by atoms with E-state index in [1.54, 1.807) is 31.4 Å². The molecule has 0 aliphatic heterocycles. The fraction of sp³-hybridized carbons (Fsp3) is 0.263. The number of anilines is 2. The number of methoxy groups -OCH3 is 2. The normalized spacial score (nSPS) is 10.8. The summed E-state index contributed by atoms with van der Waals surface area (Å²) in [4.78, 5) is 23.0. The maximum absolute atomic E-state index is 12.5. The fourth-order valence-electron chi connectivity index (χ4n) is 2.33. The summed E-state index contributed by atoms with van der Waals surface area (Å²) in [5.74, 6) is -0.143. The second-order valence-electron chi connectivity index (χ2n) is 5.96. The molecule has 10 heteroatoms. The van der Waals surface area contributed by atoms with E-state index < -0.39 is 16.1 Å². The van der Waals surface area contributed by atoms with E-state index in [2.05, 4.69) is 20.1 Å². The molecular weight excluding hydrogens is 398 g/mol. The minimum Gasteiger partial charge on any atom is -0.453 e. The van der Waals surface area contributed by atoms with E-state index >= 15 is 0 Å². The predicted molar refractivity (Wildman–Crippen MR) is 108 cm³/mol. The van der Waals surface area contributed by atoms with Crippen LogP contribution >= 0.6 is 0 Å². The molecule has 0 spiro atoms. The Balaban J connectivity index is 1.97. The molecule has 0 saturated carbocycles. The summed E-state index contributed by atoms with van der Waals surface area (Å²) in [6.45, 7) is 0.868. The van der Waals surface area contributed by atoms with Crippen LogP contribution in [0.2, 0.25) is 0 Å². The predicted octanol–water partition coefficient (Wildman–Crippen LogP) is 1.97. The maximum atomic E-state index is 12.5. The third-order valence-corrected chi connectivity index (χ3v) is 5.19. The minimum atomic E-state index is -3.80. The second kappa shape index (κ2) is 10.4. The van der Waals surface area contributed by atoms with Crippen molar-refractivity contribution in [3.8, 4) is 0 Å². The third-order valence-electron chi connectivity index (χ3n) is 3.80. The van der Waals surface area contributed by atoms with Gasteiger partial charge in [-0.3, -0.25) is 14.8 Å².